The molecular formula is C12H17NO. The molecule has 0 amide bonds. The van der Waals surface area contributed by atoms with Crippen molar-refractivity contribution in [2.75, 3.05) is 0 Å². The minimum absolute atomic E-state index is 0.177. The zero-order valence-electron chi connectivity index (χ0n) is 8.92. The second kappa shape index (κ2) is 5.53. The first-order valence-electron chi connectivity index (χ1n) is 5.20. The van der Waals surface area contributed by atoms with Crippen molar-refractivity contribution in [3.63, 3.8) is 0 Å². The Morgan fingerprint density at radius 2 is 2.21 bits per heavy atom. The molecule has 0 bridgehead atoms. The smallest absolute Gasteiger partial charge is 0.181 e. The summed E-state index contributed by atoms with van der Waals surface area (Å²) in [7, 11) is 0. The topological polar surface area (TPSA) is 30.0 Å². The lowest BCUT2D eigenvalue weighted by Crippen LogP contribution is -2.04. The van der Waals surface area contributed by atoms with Crippen LogP contribution < -0.4 is 0 Å². The minimum atomic E-state index is 0.177. The van der Waals surface area contributed by atoms with Gasteiger partial charge in [0.15, 0.2) is 5.78 Å². The van der Waals surface area contributed by atoms with Crippen LogP contribution in [0.1, 0.15) is 48.7 Å². The third-order valence-electron chi connectivity index (χ3n) is 2.28. The molecule has 1 aromatic rings. The van der Waals surface area contributed by atoms with Gasteiger partial charge in [-0.3, -0.25) is 9.78 Å². The molecule has 14 heavy (non-hydrogen) atoms. The lowest BCUT2D eigenvalue weighted by molar-refractivity contribution is 0.0974. The highest BCUT2D eigenvalue weighted by Gasteiger charge is 2.08. The normalized spacial score (nSPS) is 10.1. The molecule has 2 nitrogen and oxygen atoms in total. The van der Waals surface area contributed by atoms with E-state index in [0.29, 0.717) is 12.1 Å². The van der Waals surface area contributed by atoms with Crippen LogP contribution in [0.4, 0.5) is 0 Å². The standard InChI is InChI=1S/C12H17NO/c1-3-4-5-8-11(14)12-10(2)7-6-9-13-12/h6-7,9H,3-5,8H2,1-2H3. The van der Waals surface area contributed by atoms with Gasteiger partial charge in [0.1, 0.15) is 5.69 Å². The maximum Gasteiger partial charge on any atom is 0.181 e. The number of aromatic nitrogens is 1. The van der Waals surface area contributed by atoms with E-state index in [1.54, 1.807) is 6.20 Å². The van der Waals surface area contributed by atoms with E-state index in [1.165, 1.54) is 0 Å². The maximum atomic E-state index is 11.7. The Labute approximate surface area is 85.4 Å². The Kier molecular flexibility index (Phi) is 4.30. The van der Waals surface area contributed by atoms with E-state index in [4.69, 9.17) is 0 Å². The number of Topliss-reactive ketones (excluding diaryl/α,β-unsaturated/α-hetero) is 1. The molecule has 0 aliphatic rings. The first kappa shape index (κ1) is 10.9. The number of carbonyl (C=O) groups is 1. The van der Waals surface area contributed by atoms with Gasteiger partial charge in [-0.05, 0) is 25.0 Å². The number of aryl methyl sites for hydroxylation is 1. The average molecular weight is 191 g/mol. The molecule has 0 fully saturated rings. The van der Waals surface area contributed by atoms with Crippen molar-refractivity contribution in [3.8, 4) is 0 Å². The van der Waals surface area contributed by atoms with E-state index in [2.05, 4.69) is 11.9 Å². The summed E-state index contributed by atoms with van der Waals surface area (Å²) in [5, 5.41) is 0. The molecule has 0 spiro atoms. The fraction of sp³-hybridized carbons (Fsp3) is 0.500. The summed E-state index contributed by atoms with van der Waals surface area (Å²) in [6.07, 6.45) is 5.56. The largest absolute Gasteiger partial charge is 0.292 e. The molecule has 0 atom stereocenters. The lowest BCUT2D eigenvalue weighted by atomic mass is 10.1. The van der Waals surface area contributed by atoms with E-state index in [9.17, 15) is 4.79 Å². The molecule has 76 valence electrons. The van der Waals surface area contributed by atoms with Crippen LogP contribution >= 0.6 is 0 Å². The third-order valence-corrected chi connectivity index (χ3v) is 2.28. The molecule has 0 aliphatic carbocycles. The zero-order valence-corrected chi connectivity index (χ0v) is 8.92. The van der Waals surface area contributed by atoms with Crippen molar-refractivity contribution >= 4 is 5.78 Å². The molecule has 0 radical (unpaired) electrons. The van der Waals surface area contributed by atoms with Gasteiger partial charge in [-0.1, -0.05) is 25.8 Å². The van der Waals surface area contributed by atoms with Crippen molar-refractivity contribution in [1.82, 2.24) is 4.98 Å². The zero-order chi connectivity index (χ0) is 10.4. The molecular weight excluding hydrogens is 174 g/mol. The summed E-state index contributed by atoms with van der Waals surface area (Å²) in [6, 6.07) is 3.79. The monoisotopic (exact) mass is 191 g/mol. The Morgan fingerprint density at radius 3 is 2.86 bits per heavy atom. The van der Waals surface area contributed by atoms with Crippen LogP contribution in [0.2, 0.25) is 0 Å². The van der Waals surface area contributed by atoms with Gasteiger partial charge < -0.3 is 0 Å². The summed E-state index contributed by atoms with van der Waals surface area (Å²) < 4.78 is 0. The summed E-state index contributed by atoms with van der Waals surface area (Å²) >= 11 is 0. The minimum Gasteiger partial charge on any atom is -0.292 e. The molecule has 0 saturated carbocycles. The van der Waals surface area contributed by atoms with E-state index in [1.807, 2.05) is 19.1 Å². The molecule has 0 saturated heterocycles. The van der Waals surface area contributed by atoms with Gasteiger partial charge in [0.2, 0.25) is 0 Å². The second-order valence-electron chi connectivity index (χ2n) is 3.55. The van der Waals surface area contributed by atoms with Gasteiger partial charge in [0.05, 0.1) is 0 Å². The number of pyridine rings is 1. The molecule has 1 rings (SSSR count). The number of unbranched alkanes of at least 4 members (excludes halogenated alkanes) is 2. The van der Waals surface area contributed by atoms with E-state index >= 15 is 0 Å². The number of hydrogen-bond acceptors (Lipinski definition) is 2. The number of nitrogens with zero attached hydrogens (tertiary/aromatic N) is 1. The number of hydrogen-bond donors (Lipinski definition) is 0. The van der Waals surface area contributed by atoms with Crippen molar-refractivity contribution in [3.05, 3.63) is 29.6 Å². The van der Waals surface area contributed by atoms with E-state index in [0.717, 1.165) is 24.8 Å². The second-order valence-corrected chi connectivity index (χ2v) is 3.55. The number of carbonyl (C=O) groups excluding carboxylic acids is 1. The third kappa shape index (κ3) is 2.95. The van der Waals surface area contributed by atoms with Crippen molar-refractivity contribution in [2.45, 2.75) is 39.5 Å². The fourth-order valence-electron chi connectivity index (χ4n) is 1.43. The van der Waals surface area contributed by atoms with Gasteiger partial charge in [-0.15, -0.1) is 0 Å². The first-order chi connectivity index (χ1) is 6.75. The molecule has 2 heteroatoms. The van der Waals surface area contributed by atoms with Gasteiger partial charge in [0.25, 0.3) is 0 Å². The first-order valence-corrected chi connectivity index (χ1v) is 5.20. The highest BCUT2D eigenvalue weighted by molar-refractivity contribution is 5.95. The van der Waals surface area contributed by atoms with Crippen LogP contribution in [0.15, 0.2) is 18.3 Å². The van der Waals surface area contributed by atoms with Crippen molar-refractivity contribution in [1.29, 1.82) is 0 Å². The predicted molar refractivity (Wildman–Crippen MR) is 57.4 cm³/mol. The van der Waals surface area contributed by atoms with E-state index in [-0.39, 0.29) is 5.78 Å². The highest BCUT2D eigenvalue weighted by Crippen LogP contribution is 2.09. The lowest BCUT2D eigenvalue weighted by Gasteiger charge is -2.02. The molecule has 0 aliphatic heterocycles. The Morgan fingerprint density at radius 1 is 1.43 bits per heavy atom. The van der Waals surface area contributed by atoms with Crippen molar-refractivity contribution < 1.29 is 4.79 Å². The van der Waals surface area contributed by atoms with Crippen LogP contribution in [-0.2, 0) is 0 Å². The van der Waals surface area contributed by atoms with Crippen LogP contribution in [0, 0.1) is 6.92 Å². The Balaban J connectivity index is 2.56. The summed E-state index contributed by atoms with van der Waals surface area (Å²) in [5.41, 5.74) is 1.62. The quantitative estimate of drug-likeness (QED) is 0.528. The summed E-state index contributed by atoms with van der Waals surface area (Å²) in [5.74, 6) is 0.177. The predicted octanol–water partition coefficient (Wildman–Crippen LogP) is 3.15. The molecule has 0 N–H and O–H groups in total. The summed E-state index contributed by atoms with van der Waals surface area (Å²) in [6.45, 7) is 4.07. The van der Waals surface area contributed by atoms with Crippen LogP contribution in [-0.4, -0.2) is 10.8 Å². The fourth-order valence-corrected chi connectivity index (χ4v) is 1.43. The van der Waals surface area contributed by atoms with Gasteiger partial charge in [-0.25, -0.2) is 0 Å². The van der Waals surface area contributed by atoms with Crippen molar-refractivity contribution in [2.24, 2.45) is 0 Å². The Hall–Kier alpha value is -1.18. The Bertz CT molecular complexity index is 307. The van der Waals surface area contributed by atoms with Gasteiger partial charge in [-0.2, -0.15) is 0 Å². The number of ketones is 1. The number of rotatable bonds is 5. The maximum absolute atomic E-state index is 11.7. The highest BCUT2D eigenvalue weighted by atomic mass is 16.1. The van der Waals surface area contributed by atoms with Crippen LogP contribution in [0.25, 0.3) is 0 Å². The SMILES string of the molecule is CCCCCC(=O)c1ncccc1C. The van der Waals surface area contributed by atoms with E-state index < -0.39 is 0 Å². The van der Waals surface area contributed by atoms with Gasteiger partial charge in [0, 0.05) is 12.6 Å². The molecule has 1 aromatic heterocycles. The molecule has 1 heterocycles. The van der Waals surface area contributed by atoms with Crippen LogP contribution in [0.5, 0.6) is 0 Å². The average Bonchev–Trinajstić information content (AvgIpc) is 2.18. The molecule has 0 unspecified atom stereocenters. The van der Waals surface area contributed by atoms with Crippen LogP contribution in [0.3, 0.4) is 0 Å². The van der Waals surface area contributed by atoms with Gasteiger partial charge >= 0.3 is 0 Å². The summed E-state index contributed by atoms with van der Waals surface area (Å²) in [4.78, 5) is 15.8. The molecule has 0 aromatic carbocycles.